The number of Topliss-reactive ketones (excluding diaryl/α,β-unsaturated/α-hetero) is 2. The van der Waals surface area contributed by atoms with Gasteiger partial charge in [-0.1, -0.05) is 52.0 Å². The van der Waals surface area contributed by atoms with E-state index >= 15 is 0 Å². The van der Waals surface area contributed by atoms with E-state index in [9.17, 15) is 37.5 Å². The maximum atomic E-state index is 13.8. The molecule has 0 saturated carbocycles. The average molecular weight is 924 g/mol. The molecule has 0 fully saturated rings. The van der Waals surface area contributed by atoms with Crippen LogP contribution in [0.5, 0.6) is 0 Å². The standard InChI is InChI=1S/C26H30FN3O3.C15H17FO3.C11H16N2O2/c1-6-33-25(31)22-21(17-9-11-18(27)12-10-17)19-8-7-13-29-20(14-30(16(4)5)26(29)32)24(19)28-23(22)15(2)3;1-4-19-15(18)13(14(17)10(2)3)9-11-5-7-12(16)8-6-11;1-8(2)13-7-9-10(14)5-3-4-6-12(9)11(13)15/h9-12,14-16H,6-8,13H2,1-5H3;5-10H,4H2,1-3H3;7-8H,3-6H2,1-2H3. The summed E-state index contributed by atoms with van der Waals surface area (Å²) < 4.78 is 43.6. The third-order valence-corrected chi connectivity index (χ3v) is 11.4. The average Bonchev–Trinajstić information content (AvgIpc) is 3.64. The molecule has 3 aromatic heterocycles. The van der Waals surface area contributed by atoms with E-state index in [4.69, 9.17) is 14.5 Å². The third kappa shape index (κ3) is 11.9. The molecule has 358 valence electrons. The molecule has 0 unspecified atom stereocenters. The third-order valence-electron chi connectivity index (χ3n) is 11.4. The van der Waals surface area contributed by atoms with Gasteiger partial charge < -0.3 is 9.47 Å². The summed E-state index contributed by atoms with van der Waals surface area (Å²) in [5.41, 5.74) is 5.91. The fourth-order valence-corrected chi connectivity index (χ4v) is 8.01. The quantitative estimate of drug-likeness (QED) is 0.0545. The highest BCUT2D eigenvalue weighted by Gasteiger charge is 2.31. The smallest absolute Gasteiger partial charge is 0.341 e. The number of carbonyl (C=O) groups excluding carboxylic acids is 4. The molecule has 2 aliphatic heterocycles. The summed E-state index contributed by atoms with van der Waals surface area (Å²) in [6.07, 6.45) is 8.75. The zero-order valence-electron chi connectivity index (χ0n) is 40.3. The zero-order valence-corrected chi connectivity index (χ0v) is 40.3. The molecule has 15 heteroatoms. The highest BCUT2D eigenvalue weighted by atomic mass is 19.1. The molecule has 0 spiro atoms. The van der Waals surface area contributed by atoms with Gasteiger partial charge in [-0.05, 0) is 120 Å². The van der Waals surface area contributed by atoms with E-state index < -0.39 is 11.9 Å². The van der Waals surface area contributed by atoms with Crippen LogP contribution < -0.4 is 11.4 Å². The molecule has 0 N–H and O–H groups in total. The molecule has 13 nitrogen and oxygen atoms in total. The number of fused-ring (bicyclic) bond motifs is 4. The summed E-state index contributed by atoms with van der Waals surface area (Å²) >= 11 is 0. The summed E-state index contributed by atoms with van der Waals surface area (Å²) in [5, 5.41) is 0. The molecule has 0 atom stereocenters. The molecule has 0 radical (unpaired) electrons. The highest BCUT2D eigenvalue weighted by Crippen LogP contribution is 2.40. The Labute approximate surface area is 390 Å². The second-order valence-corrected chi connectivity index (χ2v) is 17.7. The Morgan fingerprint density at radius 1 is 0.701 bits per heavy atom. The summed E-state index contributed by atoms with van der Waals surface area (Å²) in [6, 6.07) is 11.9. The zero-order chi connectivity index (χ0) is 49.3. The first kappa shape index (κ1) is 51.5. The van der Waals surface area contributed by atoms with Crippen molar-refractivity contribution in [3.63, 3.8) is 0 Å². The van der Waals surface area contributed by atoms with Gasteiger partial charge in [0.15, 0.2) is 11.6 Å². The summed E-state index contributed by atoms with van der Waals surface area (Å²) in [4.78, 5) is 78.7. The van der Waals surface area contributed by atoms with Crippen LogP contribution >= 0.6 is 0 Å². The second kappa shape index (κ2) is 22.8. The van der Waals surface area contributed by atoms with E-state index in [0.717, 1.165) is 41.6 Å². The van der Waals surface area contributed by atoms with E-state index in [1.165, 1.54) is 42.5 Å². The van der Waals surface area contributed by atoms with Gasteiger partial charge in [-0.25, -0.2) is 32.9 Å². The van der Waals surface area contributed by atoms with E-state index in [1.807, 2.05) is 47.7 Å². The number of carbonyl (C=O) groups is 4. The first-order valence-electron chi connectivity index (χ1n) is 23.2. The monoisotopic (exact) mass is 923 g/mol. The molecule has 2 aliphatic rings. The van der Waals surface area contributed by atoms with E-state index in [2.05, 4.69) is 0 Å². The number of ether oxygens (including phenoxy) is 2. The minimum Gasteiger partial charge on any atom is -0.462 e. The molecule has 0 bridgehead atoms. The van der Waals surface area contributed by atoms with E-state index in [1.54, 1.807) is 64.3 Å². The van der Waals surface area contributed by atoms with Crippen molar-refractivity contribution in [1.29, 1.82) is 0 Å². The molecule has 5 aromatic rings. The van der Waals surface area contributed by atoms with Crippen molar-refractivity contribution in [1.82, 2.24) is 23.3 Å². The van der Waals surface area contributed by atoms with Crippen molar-refractivity contribution in [3.05, 3.63) is 127 Å². The van der Waals surface area contributed by atoms with Crippen LogP contribution in [-0.4, -0.2) is 60.0 Å². The molecule has 0 saturated heterocycles. The maximum absolute atomic E-state index is 13.8. The van der Waals surface area contributed by atoms with Gasteiger partial charge in [-0.2, -0.15) is 0 Å². The number of esters is 2. The van der Waals surface area contributed by atoms with Crippen LogP contribution in [0.2, 0.25) is 0 Å². The van der Waals surface area contributed by atoms with Crippen LogP contribution in [0.25, 0.3) is 28.6 Å². The van der Waals surface area contributed by atoms with Gasteiger partial charge >= 0.3 is 23.3 Å². The number of benzene rings is 2. The first-order chi connectivity index (χ1) is 31.8. The number of halogens is 2. The molecule has 0 amide bonds. The predicted octanol–water partition coefficient (Wildman–Crippen LogP) is 9.94. The molecule has 5 heterocycles. The number of ketones is 2. The number of pyridine rings is 1. The largest absolute Gasteiger partial charge is 0.462 e. The Bertz CT molecular complexity index is 2740. The number of nitrogens with zero attached hydrogens (tertiary/aromatic N) is 5. The predicted molar refractivity (Wildman–Crippen MR) is 254 cm³/mol. The molecule has 67 heavy (non-hydrogen) atoms. The van der Waals surface area contributed by atoms with Crippen molar-refractivity contribution in [3.8, 4) is 22.5 Å². The highest BCUT2D eigenvalue weighted by molar-refractivity contribution is 6.21. The van der Waals surface area contributed by atoms with Crippen molar-refractivity contribution in [2.24, 2.45) is 5.92 Å². The molecule has 7 rings (SSSR count). The number of imidazole rings is 2. The Hall–Kier alpha value is -6.51. The second-order valence-electron chi connectivity index (χ2n) is 17.7. The number of rotatable bonds is 11. The molecule has 0 aliphatic carbocycles. The van der Waals surface area contributed by atoms with Gasteiger partial charge in [0, 0.05) is 55.5 Å². The van der Waals surface area contributed by atoms with Gasteiger partial charge in [-0.15, -0.1) is 0 Å². The van der Waals surface area contributed by atoms with Gasteiger partial charge in [0.2, 0.25) is 0 Å². The molecule has 2 aromatic carbocycles. The molecular weight excluding hydrogens is 861 g/mol. The van der Waals surface area contributed by atoms with Crippen LogP contribution in [-0.2, 0) is 38.6 Å². The normalized spacial score (nSPS) is 13.4. The Morgan fingerprint density at radius 3 is 1.78 bits per heavy atom. The lowest BCUT2D eigenvalue weighted by atomic mass is 9.87. The summed E-state index contributed by atoms with van der Waals surface area (Å²) in [6.45, 7) is 20.4. The van der Waals surface area contributed by atoms with Crippen LogP contribution in [0.15, 0.2) is 76.1 Å². The minimum atomic E-state index is -0.648. The topological polar surface area (TPSA) is 153 Å². The maximum Gasteiger partial charge on any atom is 0.341 e. The fraction of sp³-hybridized carbons (Fsp3) is 0.442. The van der Waals surface area contributed by atoms with Gasteiger partial charge in [0.25, 0.3) is 0 Å². The number of hydrogen-bond acceptors (Lipinski definition) is 9. The van der Waals surface area contributed by atoms with Crippen molar-refractivity contribution in [2.75, 3.05) is 13.2 Å². The number of aromatic nitrogens is 5. The van der Waals surface area contributed by atoms with Crippen LogP contribution in [0, 0.1) is 17.6 Å². The lowest BCUT2D eigenvalue weighted by molar-refractivity contribution is -0.140. The molecular formula is C52H63F2N5O8. The lowest BCUT2D eigenvalue weighted by Crippen LogP contribution is -2.26. The van der Waals surface area contributed by atoms with Gasteiger partial charge in [0.05, 0.1) is 35.9 Å². The number of hydrogen-bond donors (Lipinski definition) is 0. The van der Waals surface area contributed by atoms with Crippen LogP contribution in [0.4, 0.5) is 8.78 Å². The summed E-state index contributed by atoms with van der Waals surface area (Å²) in [5.74, 6) is -2.36. The lowest BCUT2D eigenvalue weighted by Gasteiger charge is -2.21. The fourth-order valence-electron chi connectivity index (χ4n) is 8.01. The minimum absolute atomic E-state index is 0.0107. The van der Waals surface area contributed by atoms with Crippen LogP contribution in [0.3, 0.4) is 0 Å². The van der Waals surface area contributed by atoms with Crippen molar-refractivity contribution >= 4 is 29.6 Å². The van der Waals surface area contributed by atoms with Gasteiger partial charge in [-0.3, -0.25) is 27.9 Å². The van der Waals surface area contributed by atoms with Gasteiger partial charge in [0.1, 0.15) is 22.9 Å². The van der Waals surface area contributed by atoms with Crippen molar-refractivity contribution in [2.45, 2.75) is 132 Å². The Balaban J connectivity index is 0.000000209. The van der Waals surface area contributed by atoms with E-state index in [-0.39, 0.29) is 77.3 Å². The Morgan fingerprint density at radius 2 is 1.24 bits per heavy atom. The SMILES string of the molecule is CC(C)n1cc2n(c1=O)CCCCC2=O.CCOC(=O)C(=Cc1ccc(F)cc1)C(=O)C(C)C.CCOC(=O)c1c(C(C)C)nc2c(c1-c1ccc(F)cc1)CCCn1c-2cn(C(C)C)c1=O. The Kier molecular flexibility index (Phi) is 17.5. The van der Waals surface area contributed by atoms with E-state index in [0.29, 0.717) is 54.1 Å². The summed E-state index contributed by atoms with van der Waals surface area (Å²) in [7, 11) is 0. The van der Waals surface area contributed by atoms with Crippen molar-refractivity contribution < 1.29 is 37.4 Å². The van der Waals surface area contributed by atoms with Crippen LogP contribution in [0.1, 0.15) is 151 Å². The first-order valence-corrected chi connectivity index (χ1v) is 23.2.